The number of carbonyl (C=O) groups is 1. The minimum absolute atomic E-state index is 0.0813. The second kappa shape index (κ2) is 10.4. The zero-order chi connectivity index (χ0) is 23.1. The van der Waals surface area contributed by atoms with E-state index in [0.29, 0.717) is 11.3 Å². The van der Waals surface area contributed by atoms with Crippen LogP contribution in [0.5, 0.6) is 5.75 Å². The number of methoxy groups -OCH3 is 1. The van der Waals surface area contributed by atoms with Crippen LogP contribution in [0, 0.1) is 6.92 Å². The summed E-state index contributed by atoms with van der Waals surface area (Å²) in [7, 11) is -2.41. The summed E-state index contributed by atoms with van der Waals surface area (Å²) >= 11 is 0. The Hall–Kier alpha value is -3.16. The molecule has 0 fully saturated rings. The highest BCUT2D eigenvalue weighted by molar-refractivity contribution is 7.89. The summed E-state index contributed by atoms with van der Waals surface area (Å²) in [5.74, 6) is 0.207. The van der Waals surface area contributed by atoms with Gasteiger partial charge in [0.15, 0.2) is 0 Å². The monoisotopic (exact) mass is 452 g/mol. The fraction of sp³-hybridized carbons (Fsp3) is 0.240. The van der Waals surface area contributed by atoms with Gasteiger partial charge in [0, 0.05) is 0 Å². The number of hydrogen-bond donors (Lipinski definition) is 2. The standard InChI is InChI=1S/C25H28N2O4S/c1-18-16-22(14-15-24(18)31-3)32(29,30)27-23(17-20-10-6-4-7-11-20)25(28)26-19(2)21-12-8-5-9-13-21/h4-16,19,23,27H,17H2,1-3H3,(H,26,28). The molecule has 7 heteroatoms. The Kier molecular flexibility index (Phi) is 7.66. The van der Waals surface area contributed by atoms with Gasteiger partial charge in [-0.3, -0.25) is 4.79 Å². The molecule has 168 valence electrons. The van der Waals surface area contributed by atoms with Gasteiger partial charge in [-0.05, 0) is 55.2 Å². The topological polar surface area (TPSA) is 84.5 Å². The lowest BCUT2D eigenvalue weighted by atomic mass is 10.0. The third-order valence-corrected chi connectivity index (χ3v) is 6.70. The Labute approximate surface area is 189 Å². The van der Waals surface area contributed by atoms with E-state index in [0.717, 1.165) is 11.1 Å². The predicted molar refractivity (Wildman–Crippen MR) is 125 cm³/mol. The smallest absolute Gasteiger partial charge is 0.241 e. The van der Waals surface area contributed by atoms with E-state index < -0.39 is 16.1 Å². The van der Waals surface area contributed by atoms with E-state index in [1.165, 1.54) is 19.2 Å². The van der Waals surface area contributed by atoms with Gasteiger partial charge < -0.3 is 10.1 Å². The van der Waals surface area contributed by atoms with Crippen LogP contribution in [0.4, 0.5) is 0 Å². The SMILES string of the molecule is COc1ccc(S(=O)(=O)NC(Cc2ccccc2)C(=O)NC(C)c2ccccc2)cc1C. The quantitative estimate of drug-likeness (QED) is 0.518. The minimum Gasteiger partial charge on any atom is -0.496 e. The first-order chi connectivity index (χ1) is 15.3. The Morgan fingerprint density at radius 2 is 1.59 bits per heavy atom. The largest absolute Gasteiger partial charge is 0.496 e. The van der Waals surface area contributed by atoms with Crippen LogP contribution in [0.2, 0.25) is 0 Å². The van der Waals surface area contributed by atoms with E-state index in [4.69, 9.17) is 4.74 Å². The van der Waals surface area contributed by atoms with Crippen molar-refractivity contribution in [2.24, 2.45) is 0 Å². The first kappa shape index (κ1) is 23.5. The third kappa shape index (κ3) is 5.96. The maximum atomic E-state index is 13.1. The molecule has 2 N–H and O–H groups in total. The first-order valence-corrected chi connectivity index (χ1v) is 11.8. The second-order valence-corrected chi connectivity index (χ2v) is 9.35. The molecule has 2 atom stereocenters. The molecular formula is C25H28N2O4S. The van der Waals surface area contributed by atoms with Gasteiger partial charge in [0.1, 0.15) is 11.8 Å². The molecule has 0 spiro atoms. The van der Waals surface area contributed by atoms with Crippen molar-refractivity contribution in [3.05, 3.63) is 95.6 Å². The van der Waals surface area contributed by atoms with Crippen molar-refractivity contribution in [1.82, 2.24) is 10.0 Å². The highest BCUT2D eigenvalue weighted by atomic mass is 32.2. The Morgan fingerprint density at radius 3 is 2.19 bits per heavy atom. The van der Waals surface area contributed by atoms with Crippen LogP contribution >= 0.6 is 0 Å². The molecule has 3 rings (SSSR count). The molecule has 0 heterocycles. The lowest BCUT2D eigenvalue weighted by molar-refractivity contribution is -0.123. The van der Waals surface area contributed by atoms with Crippen LogP contribution < -0.4 is 14.8 Å². The minimum atomic E-state index is -3.94. The van der Waals surface area contributed by atoms with Gasteiger partial charge in [0.2, 0.25) is 15.9 Å². The molecule has 6 nitrogen and oxygen atoms in total. The van der Waals surface area contributed by atoms with Crippen molar-refractivity contribution < 1.29 is 17.9 Å². The van der Waals surface area contributed by atoms with Gasteiger partial charge in [0.05, 0.1) is 18.0 Å². The molecule has 3 aromatic carbocycles. The molecule has 0 aliphatic rings. The lowest BCUT2D eigenvalue weighted by Crippen LogP contribution is -2.48. The number of aryl methyl sites for hydroxylation is 1. The van der Waals surface area contributed by atoms with E-state index >= 15 is 0 Å². The lowest BCUT2D eigenvalue weighted by Gasteiger charge is -2.22. The van der Waals surface area contributed by atoms with E-state index in [1.54, 1.807) is 13.0 Å². The van der Waals surface area contributed by atoms with E-state index in [2.05, 4.69) is 10.0 Å². The van der Waals surface area contributed by atoms with Crippen molar-refractivity contribution in [1.29, 1.82) is 0 Å². The fourth-order valence-corrected chi connectivity index (χ4v) is 4.73. The average molecular weight is 453 g/mol. The normalized spacial score (nSPS) is 13.2. The molecule has 0 aliphatic carbocycles. The summed E-state index contributed by atoms with van der Waals surface area (Å²) in [6, 6.07) is 22.2. The van der Waals surface area contributed by atoms with Crippen molar-refractivity contribution in [2.45, 2.75) is 37.2 Å². The average Bonchev–Trinajstić information content (AvgIpc) is 2.79. The van der Waals surface area contributed by atoms with Crippen molar-refractivity contribution in [3.63, 3.8) is 0 Å². The molecule has 0 saturated carbocycles. The number of ether oxygens (including phenoxy) is 1. The molecule has 1 amide bonds. The summed E-state index contributed by atoms with van der Waals surface area (Å²) in [4.78, 5) is 13.2. The van der Waals surface area contributed by atoms with Crippen LogP contribution in [0.15, 0.2) is 83.8 Å². The van der Waals surface area contributed by atoms with E-state index in [9.17, 15) is 13.2 Å². The van der Waals surface area contributed by atoms with E-state index in [1.807, 2.05) is 67.6 Å². The number of amides is 1. The van der Waals surface area contributed by atoms with Crippen LogP contribution in [-0.4, -0.2) is 27.5 Å². The highest BCUT2D eigenvalue weighted by Gasteiger charge is 2.27. The maximum absolute atomic E-state index is 13.1. The van der Waals surface area contributed by atoms with Gasteiger partial charge in [0.25, 0.3) is 0 Å². The number of sulfonamides is 1. The van der Waals surface area contributed by atoms with Gasteiger partial charge >= 0.3 is 0 Å². The summed E-state index contributed by atoms with van der Waals surface area (Å²) < 4.78 is 34.0. The molecule has 0 radical (unpaired) electrons. The summed E-state index contributed by atoms with van der Waals surface area (Å²) in [5, 5.41) is 2.93. The maximum Gasteiger partial charge on any atom is 0.241 e. The third-order valence-electron chi connectivity index (χ3n) is 5.23. The van der Waals surface area contributed by atoms with Crippen molar-refractivity contribution in [2.75, 3.05) is 7.11 Å². The highest BCUT2D eigenvalue weighted by Crippen LogP contribution is 2.22. The zero-order valence-corrected chi connectivity index (χ0v) is 19.2. The molecule has 0 saturated heterocycles. The summed E-state index contributed by atoms with van der Waals surface area (Å²) in [6.45, 7) is 3.64. The summed E-state index contributed by atoms with van der Waals surface area (Å²) in [5.41, 5.74) is 2.48. The Bertz CT molecular complexity index is 1150. The number of carbonyl (C=O) groups excluding carboxylic acids is 1. The Balaban J connectivity index is 1.85. The Morgan fingerprint density at radius 1 is 0.969 bits per heavy atom. The van der Waals surface area contributed by atoms with Crippen LogP contribution in [0.25, 0.3) is 0 Å². The van der Waals surface area contributed by atoms with Gasteiger partial charge in [-0.15, -0.1) is 0 Å². The molecule has 0 bridgehead atoms. The van der Waals surface area contributed by atoms with Gasteiger partial charge in [-0.25, -0.2) is 8.42 Å². The fourth-order valence-electron chi connectivity index (χ4n) is 3.45. The number of hydrogen-bond acceptors (Lipinski definition) is 4. The second-order valence-electron chi connectivity index (χ2n) is 7.64. The van der Waals surface area contributed by atoms with Gasteiger partial charge in [-0.1, -0.05) is 60.7 Å². The van der Waals surface area contributed by atoms with E-state index in [-0.39, 0.29) is 23.3 Å². The zero-order valence-electron chi connectivity index (χ0n) is 18.4. The summed E-state index contributed by atoms with van der Waals surface area (Å²) in [6.07, 6.45) is 0.225. The molecule has 2 unspecified atom stereocenters. The van der Waals surface area contributed by atoms with Crippen molar-refractivity contribution in [3.8, 4) is 5.75 Å². The molecule has 3 aromatic rings. The van der Waals surface area contributed by atoms with Crippen LogP contribution in [0.3, 0.4) is 0 Å². The molecule has 32 heavy (non-hydrogen) atoms. The first-order valence-electron chi connectivity index (χ1n) is 10.4. The molecule has 0 aromatic heterocycles. The number of benzene rings is 3. The number of nitrogens with one attached hydrogen (secondary N) is 2. The predicted octanol–water partition coefficient (Wildman–Crippen LogP) is 3.77. The van der Waals surface area contributed by atoms with Gasteiger partial charge in [-0.2, -0.15) is 4.72 Å². The molecular weight excluding hydrogens is 424 g/mol. The van der Waals surface area contributed by atoms with Crippen LogP contribution in [-0.2, 0) is 21.2 Å². The van der Waals surface area contributed by atoms with Crippen LogP contribution in [0.1, 0.15) is 29.7 Å². The van der Waals surface area contributed by atoms with Crippen molar-refractivity contribution >= 4 is 15.9 Å². The molecule has 0 aliphatic heterocycles. The number of rotatable bonds is 9.